The Hall–Kier alpha value is -1.72. The van der Waals surface area contributed by atoms with Gasteiger partial charge in [0.2, 0.25) is 0 Å². The summed E-state index contributed by atoms with van der Waals surface area (Å²) in [7, 11) is 0. The van der Waals surface area contributed by atoms with E-state index in [2.05, 4.69) is 36.9 Å². The molecule has 1 amide bonds. The second-order valence-electron chi connectivity index (χ2n) is 8.02. The molecular weight excluding hydrogens is 354 g/mol. The van der Waals surface area contributed by atoms with Crippen LogP contribution >= 0.6 is 11.3 Å². The molecule has 27 heavy (non-hydrogen) atoms. The fourth-order valence-electron chi connectivity index (χ4n) is 4.38. The molecule has 0 N–H and O–H groups in total. The van der Waals surface area contributed by atoms with Crippen molar-refractivity contribution in [3.8, 4) is 10.6 Å². The number of hydrogen-bond acceptors (Lipinski definition) is 4. The lowest BCUT2D eigenvalue weighted by molar-refractivity contribution is 0.0577. The van der Waals surface area contributed by atoms with Gasteiger partial charge in [0, 0.05) is 37.8 Å². The Bertz CT molecular complexity index is 830. The van der Waals surface area contributed by atoms with Crippen molar-refractivity contribution in [2.24, 2.45) is 0 Å². The molecule has 1 saturated heterocycles. The molecule has 1 aromatic heterocycles. The van der Waals surface area contributed by atoms with Gasteiger partial charge >= 0.3 is 0 Å². The first-order valence-corrected chi connectivity index (χ1v) is 10.9. The maximum absolute atomic E-state index is 13.1. The molecule has 0 bridgehead atoms. The Morgan fingerprint density at radius 1 is 1.07 bits per heavy atom. The number of hydrogen-bond donors (Lipinski definition) is 0. The smallest absolute Gasteiger partial charge is 0.265 e. The van der Waals surface area contributed by atoms with E-state index in [-0.39, 0.29) is 5.91 Å². The second-order valence-corrected chi connectivity index (χ2v) is 9.02. The Labute approximate surface area is 166 Å². The van der Waals surface area contributed by atoms with Gasteiger partial charge in [-0.25, -0.2) is 4.98 Å². The number of piperazine rings is 1. The number of aromatic nitrogens is 1. The maximum Gasteiger partial charge on any atom is 0.265 e. The zero-order valence-corrected chi connectivity index (χ0v) is 17.4. The van der Waals surface area contributed by atoms with Gasteiger partial charge in [-0.1, -0.05) is 30.5 Å². The number of nitrogens with zero attached hydrogens (tertiary/aromatic N) is 3. The highest BCUT2D eigenvalue weighted by Crippen LogP contribution is 2.32. The molecule has 0 unspecified atom stereocenters. The van der Waals surface area contributed by atoms with E-state index in [9.17, 15) is 4.79 Å². The highest BCUT2D eigenvalue weighted by Gasteiger charge is 2.29. The van der Waals surface area contributed by atoms with E-state index in [4.69, 9.17) is 4.98 Å². The van der Waals surface area contributed by atoms with Gasteiger partial charge in [-0.3, -0.25) is 9.69 Å². The number of thiazole rings is 1. The standard InChI is InChI=1S/C22H29N3OS/c1-15-8-9-16(2)19(14-15)21-23-17(3)20(27-21)22(26)25-12-10-24(11-13-25)18-6-4-5-7-18/h8-9,14,18H,4-7,10-13H2,1-3H3. The molecule has 1 aliphatic carbocycles. The van der Waals surface area contributed by atoms with Crippen molar-refractivity contribution in [2.45, 2.75) is 52.5 Å². The zero-order chi connectivity index (χ0) is 19.0. The van der Waals surface area contributed by atoms with Crippen molar-refractivity contribution in [3.63, 3.8) is 0 Å². The van der Waals surface area contributed by atoms with Crippen molar-refractivity contribution < 1.29 is 4.79 Å². The minimum atomic E-state index is 0.160. The van der Waals surface area contributed by atoms with Crippen LogP contribution in [0.2, 0.25) is 0 Å². The van der Waals surface area contributed by atoms with Crippen LogP contribution in [0.3, 0.4) is 0 Å². The Morgan fingerprint density at radius 2 is 1.78 bits per heavy atom. The molecule has 5 heteroatoms. The molecule has 1 saturated carbocycles. The summed E-state index contributed by atoms with van der Waals surface area (Å²) < 4.78 is 0. The predicted octanol–water partition coefficient (Wildman–Crippen LogP) is 4.44. The zero-order valence-electron chi connectivity index (χ0n) is 16.6. The van der Waals surface area contributed by atoms with Crippen molar-refractivity contribution in [1.82, 2.24) is 14.8 Å². The lowest BCUT2D eigenvalue weighted by Gasteiger charge is -2.37. The van der Waals surface area contributed by atoms with Crippen LogP contribution < -0.4 is 0 Å². The number of carbonyl (C=O) groups excluding carboxylic acids is 1. The van der Waals surface area contributed by atoms with Crippen molar-refractivity contribution in [2.75, 3.05) is 26.2 Å². The minimum Gasteiger partial charge on any atom is -0.335 e. The average molecular weight is 384 g/mol. The number of aryl methyl sites for hydroxylation is 3. The summed E-state index contributed by atoms with van der Waals surface area (Å²) in [5.41, 5.74) is 4.44. The molecule has 144 valence electrons. The fourth-order valence-corrected chi connectivity index (χ4v) is 5.50. The van der Waals surface area contributed by atoms with E-state index in [1.165, 1.54) is 36.8 Å². The monoisotopic (exact) mass is 383 g/mol. The van der Waals surface area contributed by atoms with Crippen LogP contribution in [0.4, 0.5) is 0 Å². The quantitative estimate of drug-likeness (QED) is 0.786. The highest BCUT2D eigenvalue weighted by molar-refractivity contribution is 7.17. The molecule has 0 spiro atoms. The van der Waals surface area contributed by atoms with Gasteiger partial charge in [-0.15, -0.1) is 11.3 Å². The molecule has 0 radical (unpaired) electrons. The third-order valence-electron chi connectivity index (χ3n) is 6.06. The van der Waals surface area contributed by atoms with Crippen molar-refractivity contribution in [1.29, 1.82) is 0 Å². The Balaban J connectivity index is 1.48. The molecular formula is C22H29N3OS. The van der Waals surface area contributed by atoms with Gasteiger partial charge in [0.1, 0.15) is 9.88 Å². The lowest BCUT2D eigenvalue weighted by Crippen LogP contribution is -2.51. The molecule has 2 aromatic rings. The highest BCUT2D eigenvalue weighted by atomic mass is 32.1. The summed E-state index contributed by atoms with van der Waals surface area (Å²) >= 11 is 1.55. The van der Waals surface area contributed by atoms with Gasteiger partial charge in [-0.05, 0) is 45.2 Å². The normalized spacial score (nSPS) is 19.0. The molecule has 2 heterocycles. The summed E-state index contributed by atoms with van der Waals surface area (Å²) in [5.74, 6) is 0.160. The third kappa shape index (κ3) is 3.81. The molecule has 4 nitrogen and oxygen atoms in total. The number of carbonyl (C=O) groups is 1. The Morgan fingerprint density at radius 3 is 2.48 bits per heavy atom. The maximum atomic E-state index is 13.1. The average Bonchev–Trinajstić information content (AvgIpc) is 3.33. The van der Waals surface area contributed by atoms with Crippen LogP contribution in [-0.4, -0.2) is 52.9 Å². The van der Waals surface area contributed by atoms with Crippen LogP contribution in [0.25, 0.3) is 10.6 Å². The van der Waals surface area contributed by atoms with Crippen LogP contribution in [0.5, 0.6) is 0 Å². The van der Waals surface area contributed by atoms with E-state index >= 15 is 0 Å². The van der Waals surface area contributed by atoms with E-state index in [1.54, 1.807) is 11.3 Å². The van der Waals surface area contributed by atoms with E-state index in [0.29, 0.717) is 0 Å². The molecule has 0 atom stereocenters. The van der Waals surface area contributed by atoms with Gasteiger partial charge in [-0.2, -0.15) is 0 Å². The first kappa shape index (κ1) is 18.6. The van der Waals surface area contributed by atoms with Gasteiger partial charge in [0.15, 0.2) is 0 Å². The Kier molecular flexibility index (Phi) is 5.33. The summed E-state index contributed by atoms with van der Waals surface area (Å²) in [6.07, 6.45) is 5.40. The summed E-state index contributed by atoms with van der Waals surface area (Å²) in [6.45, 7) is 9.87. The summed E-state index contributed by atoms with van der Waals surface area (Å²) in [6, 6.07) is 7.17. The number of amides is 1. The van der Waals surface area contributed by atoms with Gasteiger partial charge < -0.3 is 4.90 Å². The molecule has 1 aromatic carbocycles. The largest absolute Gasteiger partial charge is 0.335 e. The van der Waals surface area contributed by atoms with E-state index < -0.39 is 0 Å². The fraction of sp³-hybridized carbons (Fsp3) is 0.545. The molecule has 2 fully saturated rings. The predicted molar refractivity (Wildman–Crippen MR) is 111 cm³/mol. The van der Waals surface area contributed by atoms with Gasteiger partial charge in [0.25, 0.3) is 5.91 Å². The number of benzene rings is 1. The van der Waals surface area contributed by atoms with Gasteiger partial charge in [0.05, 0.1) is 5.69 Å². The molecule has 2 aliphatic rings. The molecule has 4 rings (SSSR count). The van der Waals surface area contributed by atoms with Crippen LogP contribution in [0, 0.1) is 20.8 Å². The third-order valence-corrected chi connectivity index (χ3v) is 7.24. The second kappa shape index (κ2) is 7.72. The molecule has 1 aliphatic heterocycles. The first-order valence-electron chi connectivity index (χ1n) is 10.1. The van der Waals surface area contributed by atoms with Crippen molar-refractivity contribution in [3.05, 3.63) is 39.9 Å². The van der Waals surface area contributed by atoms with E-state index in [1.807, 2.05) is 11.8 Å². The van der Waals surface area contributed by atoms with Crippen molar-refractivity contribution >= 4 is 17.2 Å². The summed E-state index contributed by atoms with van der Waals surface area (Å²) in [4.78, 5) is 23.3. The van der Waals surface area contributed by atoms with Crippen LogP contribution in [0.1, 0.15) is 52.2 Å². The first-order chi connectivity index (χ1) is 13.0. The lowest BCUT2D eigenvalue weighted by atomic mass is 10.1. The minimum absolute atomic E-state index is 0.160. The van der Waals surface area contributed by atoms with E-state index in [0.717, 1.165) is 53.4 Å². The van der Waals surface area contributed by atoms with Crippen LogP contribution in [-0.2, 0) is 0 Å². The topological polar surface area (TPSA) is 36.4 Å². The van der Waals surface area contributed by atoms with Crippen LogP contribution in [0.15, 0.2) is 18.2 Å². The number of rotatable bonds is 3. The summed E-state index contributed by atoms with van der Waals surface area (Å²) in [5, 5.41) is 0.960. The SMILES string of the molecule is Cc1ccc(C)c(-c2nc(C)c(C(=O)N3CCN(C4CCCC4)CC3)s2)c1.